The number of morpholine rings is 1. The molecule has 0 unspecified atom stereocenters. The number of alkyl halides is 3. The van der Waals surface area contributed by atoms with Gasteiger partial charge in [-0.15, -0.1) is 0 Å². The number of carboxylic acids is 1. The summed E-state index contributed by atoms with van der Waals surface area (Å²) in [4.78, 5) is 24.8. The second-order valence-corrected chi connectivity index (χ2v) is 7.24. The minimum atomic E-state index is -5.08. The summed E-state index contributed by atoms with van der Waals surface area (Å²) in [6.45, 7) is 2.04. The van der Waals surface area contributed by atoms with Crippen LogP contribution >= 0.6 is 0 Å². The molecule has 156 valence electrons. The second kappa shape index (κ2) is 9.20. The Morgan fingerprint density at radius 2 is 1.85 bits per heavy atom. The van der Waals surface area contributed by atoms with E-state index in [2.05, 4.69) is 4.90 Å². The highest BCUT2D eigenvalue weighted by atomic mass is 19.4. The first-order chi connectivity index (χ1) is 12.6. The summed E-state index contributed by atoms with van der Waals surface area (Å²) in [5.74, 6) is -2.73. The van der Waals surface area contributed by atoms with Crippen LogP contribution in [0.3, 0.4) is 0 Å². The Kier molecular flexibility index (Phi) is 7.47. The maximum absolute atomic E-state index is 11.6. The summed E-state index contributed by atoms with van der Waals surface area (Å²) in [5, 5.41) is 7.12. The van der Waals surface area contributed by atoms with Crippen LogP contribution in [0.15, 0.2) is 0 Å². The fourth-order valence-electron chi connectivity index (χ4n) is 3.60. The van der Waals surface area contributed by atoms with E-state index in [1.165, 1.54) is 19.3 Å². The summed E-state index contributed by atoms with van der Waals surface area (Å²) < 4.78 is 43.5. The highest BCUT2D eigenvalue weighted by Crippen LogP contribution is 2.37. The van der Waals surface area contributed by atoms with E-state index in [0.29, 0.717) is 6.04 Å². The summed E-state index contributed by atoms with van der Waals surface area (Å²) in [5.41, 5.74) is 0. The number of carbonyl (C=O) groups is 2. The Morgan fingerprint density at radius 1 is 1.22 bits per heavy atom. The Hall–Kier alpha value is -1.39. The molecule has 3 rings (SSSR count). The number of halogens is 3. The van der Waals surface area contributed by atoms with Crippen molar-refractivity contribution < 1.29 is 37.3 Å². The van der Waals surface area contributed by atoms with Gasteiger partial charge in [-0.1, -0.05) is 6.42 Å². The zero-order chi connectivity index (χ0) is 20.2. The van der Waals surface area contributed by atoms with Gasteiger partial charge in [0.1, 0.15) is 6.61 Å². The molecule has 0 aromatic heterocycles. The normalized spacial score (nSPS) is 28.6. The van der Waals surface area contributed by atoms with Crippen LogP contribution < -0.4 is 0 Å². The molecule has 1 amide bonds. The number of likely N-dealkylation sites (N-methyl/N-ethyl adjacent to an activating group) is 1. The molecule has 1 saturated heterocycles. The van der Waals surface area contributed by atoms with Crippen LogP contribution in [0.5, 0.6) is 0 Å². The second-order valence-electron chi connectivity index (χ2n) is 7.24. The van der Waals surface area contributed by atoms with Gasteiger partial charge in [0.15, 0.2) is 0 Å². The van der Waals surface area contributed by atoms with Crippen molar-refractivity contribution >= 4 is 11.9 Å². The van der Waals surface area contributed by atoms with E-state index >= 15 is 0 Å². The van der Waals surface area contributed by atoms with Crippen LogP contribution in [0, 0.1) is 0 Å². The molecule has 10 heteroatoms. The van der Waals surface area contributed by atoms with Crippen molar-refractivity contribution in [2.75, 3.05) is 33.9 Å². The topological polar surface area (TPSA) is 79.3 Å². The predicted molar refractivity (Wildman–Crippen MR) is 89.2 cm³/mol. The van der Waals surface area contributed by atoms with Gasteiger partial charge in [0.25, 0.3) is 0 Å². The van der Waals surface area contributed by atoms with E-state index in [4.69, 9.17) is 19.4 Å². The van der Waals surface area contributed by atoms with Gasteiger partial charge in [0, 0.05) is 32.7 Å². The molecule has 27 heavy (non-hydrogen) atoms. The minimum absolute atomic E-state index is 0.0279. The molecule has 0 radical (unpaired) electrons. The lowest BCUT2D eigenvalue weighted by molar-refractivity contribution is -0.192. The molecule has 7 nitrogen and oxygen atoms in total. The standard InChI is InChI=1S/C15H26N2O3.C2HF3O2/c1-16(2)14(18)10-20-13-7-6-12-15(13)19-9-8-17(12)11-4-3-5-11;3-2(4,5)1(6)7/h11-13,15H,3-10H2,1-2H3;(H,6,7)/t12-,13+,15+;/m0./s1. The molecular weight excluding hydrogens is 369 g/mol. The molecule has 2 saturated carbocycles. The number of rotatable bonds is 4. The van der Waals surface area contributed by atoms with Crippen molar-refractivity contribution in [3.8, 4) is 0 Å². The molecule has 1 aliphatic heterocycles. The van der Waals surface area contributed by atoms with Crippen molar-refractivity contribution in [2.45, 2.75) is 62.6 Å². The molecule has 2 aliphatic carbocycles. The molecule has 0 bridgehead atoms. The van der Waals surface area contributed by atoms with Crippen molar-refractivity contribution in [3.63, 3.8) is 0 Å². The largest absolute Gasteiger partial charge is 0.490 e. The SMILES string of the molecule is CN(C)C(=O)CO[C@@H]1CC[C@H]2[C@H]1OCCN2C1CCC1.O=C(O)C(F)(F)F. The third kappa shape index (κ3) is 5.79. The number of fused-ring (bicyclic) bond motifs is 1. The zero-order valence-electron chi connectivity index (χ0n) is 15.6. The fourth-order valence-corrected chi connectivity index (χ4v) is 3.60. The Morgan fingerprint density at radius 3 is 2.33 bits per heavy atom. The van der Waals surface area contributed by atoms with Gasteiger partial charge < -0.3 is 19.5 Å². The fraction of sp³-hybridized carbons (Fsp3) is 0.882. The van der Waals surface area contributed by atoms with Gasteiger partial charge >= 0.3 is 12.1 Å². The van der Waals surface area contributed by atoms with Crippen molar-refractivity contribution in [3.05, 3.63) is 0 Å². The van der Waals surface area contributed by atoms with Crippen molar-refractivity contribution in [2.24, 2.45) is 0 Å². The van der Waals surface area contributed by atoms with Crippen LogP contribution in [0.25, 0.3) is 0 Å². The van der Waals surface area contributed by atoms with Gasteiger partial charge in [0.05, 0.1) is 18.8 Å². The molecule has 0 aromatic carbocycles. The summed E-state index contributed by atoms with van der Waals surface area (Å²) in [7, 11) is 3.52. The molecule has 1 N–H and O–H groups in total. The Labute approximate surface area is 156 Å². The van der Waals surface area contributed by atoms with Crippen molar-refractivity contribution in [1.29, 1.82) is 0 Å². The number of aliphatic carboxylic acids is 1. The van der Waals surface area contributed by atoms with E-state index < -0.39 is 12.1 Å². The number of nitrogens with zero attached hydrogens (tertiary/aromatic N) is 2. The molecular formula is C17H27F3N2O5. The molecule has 0 spiro atoms. The highest BCUT2D eigenvalue weighted by Gasteiger charge is 2.46. The molecule has 3 fully saturated rings. The van der Waals surface area contributed by atoms with Gasteiger partial charge in [-0.2, -0.15) is 13.2 Å². The van der Waals surface area contributed by atoms with Crippen LogP contribution in [0.4, 0.5) is 13.2 Å². The first-order valence-electron chi connectivity index (χ1n) is 9.10. The van der Waals surface area contributed by atoms with Gasteiger partial charge in [-0.05, 0) is 25.7 Å². The van der Waals surface area contributed by atoms with Crippen LogP contribution in [0.1, 0.15) is 32.1 Å². The average Bonchev–Trinajstić information content (AvgIpc) is 2.94. The smallest absolute Gasteiger partial charge is 0.475 e. The average molecular weight is 396 g/mol. The van der Waals surface area contributed by atoms with E-state index in [0.717, 1.165) is 32.0 Å². The van der Waals surface area contributed by atoms with Gasteiger partial charge in [-0.25, -0.2) is 4.79 Å². The predicted octanol–water partition coefficient (Wildman–Crippen LogP) is 1.51. The van der Waals surface area contributed by atoms with Crippen LogP contribution in [-0.2, 0) is 19.1 Å². The first-order valence-corrected chi connectivity index (χ1v) is 9.10. The lowest BCUT2D eigenvalue weighted by Crippen LogP contribution is -2.57. The summed E-state index contributed by atoms with van der Waals surface area (Å²) in [6.07, 6.45) is 1.38. The van der Waals surface area contributed by atoms with Gasteiger partial charge in [0.2, 0.25) is 5.91 Å². The lowest BCUT2D eigenvalue weighted by atomic mass is 9.89. The zero-order valence-corrected chi connectivity index (χ0v) is 15.6. The first kappa shape index (κ1) is 21.9. The monoisotopic (exact) mass is 396 g/mol. The minimum Gasteiger partial charge on any atom is -0.475 e. The summed E-state index contributed by atoms with van der Waals surface area (Å²) in [6, 6.07) is 1.28. The Bertz CT molecular complexity index is 525. The molecule has 1 heterocycles. The number of hydrogen-bond donors (Lipinski definition) is 1. The van der Waals surface area contributed by atoms with Crippen LogP contribution in [0.2, 0.25) is 0 Å². The van der Waals surface area contributed by atoms with E-state index in [1.54, 1.807) is 19.0 Å². The van der Waals surface area contributed by atoms with Gasteiger partial charge in [-0.3, -0.25) is 9.69 Å². The Balaban J connectivity index is 0.000000321. The number of carboxylic acid groups (broad SMARTS) is 1. The number of amides is 1. The lowest BCUT2D eigenvalue weighted by Gasteiger charge is -2.46. The summed E-state index contributed by atoms with van der Waals surface area (Å²) >= 11 is 0. The van der Waals surface area contributed by atoms with E-state index in [1.807, 2.05) is 0 Å². The highest BCUT2D eigenvalue weighted by molar-refractivity contribution is 5.76. The molecule has 3 atom stereocenters. The maximum atomic E-state index is 11.6. The molecule has 0 aromatic rings. The van der Waals surface area contributed by atoms with Crippen LogP contribution in [-0.4, -0.2) is 91.1 Å². The number of ether oxygens (including phenoxy) is 2. The molecule has 3 aliphatic rings. The third-order valence-electron chi connectivity index (χ3n) is 5.28. The quantitative estimate of drug-likeness (QED) is 0.776. The van der Waals surface area contributed by atoms with E-state index in [-0.39, 0.29) is 24.7 Å². The van der Waals surface area contributed by atoms with E-state index in [9.17, 15) is 18.0 Å². The number of carbonyl (C=O) groups excluding carboxylic acids is 1. The maximum Gasteiger partial charge on any atom is 0.490 e. The number of hydrogen-bond acceptors (Lipinski definition) is 5. The van der Waals surface area contributed by atoms with Crippen molar-refractivity contribution in [1.82, 2.24) is 9.80 Å². The third-order valence-corrected chi connectivity index (χ3v) is 5.28.